The van der Waals surface area contributed by atoms with Crippen LogP contribution in [0.25, 0.3) is 11.1 Å². The van der Waals surface area contributed by atoms with Gasteiger partial charge in [-0.3, -0.25) is 0 Å². The van der Waals surface area contributed by atoms with Crippen molar-refractivity contribution >= 4 is 17.5 Å². The number of halogens is 3. The maximum absolute atomic E-state index is 13.0. The molecule has 0 aliphatic carbocycles. The van der Waals surface area contributed by atoms with E-state index in [1.54, 1.807) is 18.2 Å². The molecule has 9 nitrogen and oxygen atoms in total. The van der Waals surface area contributed by atoms with Crippen LogP contribution in [-0.2, 0) is 9.47 Å². The Kier molecular flexibility index (Phi) is 8.17. The van der Waals surface area contributed by atoms with Crippen molar-refractivity contribution in [3.8, 4) is 17.0 Å². The van der Waals surface area contributed by atoms with Crippen molar-refractivity contribution in [1.82, 2.24) is 9.88 Å². The number of nitrogens with zero attached hydrogens (tertiary/aromatic N) is 3. The van der Waals surface area contributed by atoms with E-state index in [9.17, 15) is 23.1 Å². The predicted octanol–water partition coefficient (Wildman–Crippen LogP) is 3.06. The molecule has 2 aromatic rings. The molecule has 12 heteroatoms. The van der Waals surface area contributed by atoms with Crippen LogP contribution in [0.1, 0.15) is 5.56 Å². The van der Waals surface area contributed by atoms with Gasteiger partial charge in [0.05, 0.1) is 33.0 Å². The second-order valence-corrected chi connectivity index (χ2v) is 8.53. The van der Waals surface area contributed by atoms with E-state index >= 15 is 0 Å². The zero-order chi connectivity index (χ0) is 25.7. The lowest BCUT2D eigenvalue weighted by Crippen LogP contribution is -2.52. The monoisotopic (exact) mass is 510 g/mol. The molecule has 0 spiro atoms. The Balaban J connectivity index is 1.57. The molecule has 2 aliphatic rings. The number of anilines is 2. The number of aliphatic hydroxyl groups excluding tert-OH is 1. The van der Waals surface area contributed by atoms with Crippen LogP contribution < -0.4 is 15.0 Å². The normalized spacial score (nSPS) is 18.8. The smallest absolute Gasteiger partial charge is 0.416 e. The molecule has 2 fully saturated rings. The zero-order valence-corrected chi connectivity index (χ0v) is 19.9. The van der Waals surface area contributed by atoms with Crippen molar-refractivity contribution in [1.29, 1.82) is 0 Å². The summed E-state index contributed by atoms with van der Waals surface area (Å²) < 4.78 is 54.9. The van der Waals surface area contributed by atoms with Gasteiger partial charge in [-0.05, 0) is 41.8 Å². The summed E-state index contributed by atoms with van der Waals surface area (Å²) in [6.45, 7) is 3.67. The van der Waals surface area contributed by atoms with Gasteiger partial charge in [-0.25, -0.2) is 4.79 Å². The lowest BCUT2D eigenvalue weighted by Gasteiger charge is -2.33. The second-order valence-electron chi connectivity index (χ2n) is 8.53. The lowest BCUT2D eigenvalue weighted by atomic mass is 10.0. The Morgan fingerprint density at radius 3 is 2.69 bits per heavy atom. The van der Waals surface area contributed by atoms with Crippen LogP contribution >= 0.6 is 0 Å². The van der Waals surface area contributed by atoms with Gasteiger partial charge in [0.15, 0.2) is 6.10 Å². The maximum atomic E-state index is 13.0. The molecule has 0 bridgehead atoms. The van der Waals surface area contributed by atoms with Gasteiger partial charge >= 0.3 is 12.2 Å². The number of aromatic nitrogens is 1. The molecular weight excluding hydrogens is 481 g/mol. The topological polar surface area (TPSA) is 96.4 Å². The molecular formula is C24H29F3N4O5. The first kappa shape index (κ1) is 26.0. The molecule has 0 saturated carbocycles. The van der Waals surface area contributed by atoms with E-state index in [0.29, 0.717) is 43.7 Å². The van der Waals surface area contributed by atoms with Gasteiger partial charge in [0.25, 0.3) is 0 Å². The third-order valence-corrected chi connectivity index (χ3v) is 5.98. The number of ether oxygens (including phenoxy) is 3. The van der Waals surface area contributed by atoms with Gasteiger partial charge in [-0.1, -0.05) is 6.07 Å². The van der Waals surface area contributed by atoms with Crippen molar-refractivity contribution < 1.29 is 37.3 Å². The number of pyridine rings is 1. The Bertz CT molecular complexity index is 1060. The number of carbonyl (C=O) groups excluding carboxylic acids is 1. The molecule has 2 amide bonds. The molecule has 1 aromatic carbocycles. The van der Waals surface area contributed by atoms with E-state index < -0.39 is 24.9 Å². The molecule has 2 saturated heterocycles. The summed E-state index contributed by atoms with van der Waals surface area (Å²) in [5.41, 5.74) is 2.95. The Morgan fingerprint density at radius 2 is 1.97 bits per heavy atom. The largest absolute Gasteiger partial charge is 0.475 e. The van der Waals surface area contributed by atoms with Crippen LogP contribution in [0, 0.1) is 6.92 Å². The molecule has 2 N–H and O–H groups in total. The Hall–Kier alpha value is -3.09. The molecule has 196 valence electrons. The first-order valence-electron chi connectivity index (χ1n) is 11.7. The van der Waals surface area contributed by atoms with Crippen molar-refractivity contribution in [2.75, 3.05) is 69.4 Å². The van der Waals surface area contributed by atoms with Crippen LogP contribution in [-0.4, -0.2) is 92.5 Å². The van der Waals surface area contributed by atoms with Gasteiger partial charge in [0.1, 0.15) is 12.4 Å². The van der Waals surface area contributed by atoms with E-state index in [1.165, 1.54) is 0 Å². The summed E-state index contributed by atoms with van der Waals surface area (Å²) in [7, 11) is 0. The highest BCUT2D eigenvalue weighted by molar-refractivity contribution is 5.90. The van der Waals surface area contributed by atoms with Crippen LogP contribution in [0.2, 0.25) is 0 Å². The van der Waals surface area contributed by atoms with E-state index in [4.69, 9.17) is 14.2 Å². The minimum absolute atomic E-state index is 0.0654. The van der Waals surface area contributed by atoms with Gasteiger partial charge in [0.2, 0.25) is 5.88 Å². The third kappa shape index (κ3) is 6.37. The maximum Gasteiger partial charge on any atom is 0.416 e. The zero-order valence-electron chi connectivity index (χ0n) is 19.9. The number of aryl methyl sites for hydroxylation is 1. The number of morpholine rings is 2. The van der Waals surface area contributed by atoms with E-state index in [-0.39, 0.29) is 26.4 Å². The number of nitrogens with one attached hydrogen (secondary N) is 1. The lowest BCUT2D eigenvalue weighted by molar-refractivity contribution is -0.233. The number of hydrogen-bond donors (Lipinski definition) is 2. The first-order chi connectivity index (χ1) is 17.2. The average Bonchev–Trinajstić information content (AvgIpc) is 2.88. The van der Waals surface area contributed by atoms with Gasteiger partial charge in [0, 0.05) is 31.4 Å². The number of rotatable bonds is 6. The Labute approximate surface area is 206 Å². The van der Waals surface area contributed by atoms with Crippen molar-refractivity contribution in [2.45, 2.75) is 19.2 Å². The fourth-order valence-corrected chi connectivity index (χ4v) is 4.07. The second kappa shape index (κ2) is 11.3. The molecule has 3 heterocycles. The minimum atomic E-state index is -4.54. The summed E-state index contributed by atoms with van der Waals surface area (Å²) in [6, 6.07) is 8.34. The third-order valence-electron chi connectivity index (χ3n) is 5.98. The molecule has 36 heavy (non-hydrogen) atoms. The van der Waals surface area contributed by atoms with Crippen molar-refractivity contribution in [3.63, 3.8) is 0 Å². The van der Waals surface area contributed by atoms with Crippen LogP contribution in [0.3, 0.4) is 0 Å². The van der Waals surface area contributed by atoms with Crippen molar-refractivity contribution in [2.24, 2.45) is 0 Å². The fourth-order valence-electron chi connectivity index (χ4n) is 4.07. The summed E-state index contributed by atoms with van der Waals surface area (Å²) in [5, 5.41) is 11.9. The number of benzene rings is 1. The molecule has 0 unspecified atom stereocenters. The number of hydrogen-bond acceptors (Lipinski definition) is 7. The fraction of sp³-hybridized carbons (Fsp3) is 0.500. The average molecular weight is 511 g/mol. The standard InChI is InChI=1S/C24H29F3N4O5/c1-16-2-3-18(28-23(33)31-6-10-35-20(15-31)24(25,26)27)14-19(16)17-12-21(30-4-8-34-9-5-30)29-22(13-17)36-11-7-32/h2-3,12-14,20,32H,4-11,15H2,1H3,(H,28,33)/t20-/m0/s1. The van der Waals surface area contributed by atoms with Gasteiger partial charge in [-0.15, -0.1) is 0 Å². The molecule has 2 aliphatic heterocycles. The molecule has 0 radical (unpaired) electrons. The summed E-state index contributed by atoms with van der Waals surface area (Å²) in [5.74, 6) is 1.05. The summed E-state index contributed by atoms with van der Waals surface area (Å²) in [4.78, 5) is 20.5. The minimum Gasteiger partial charge on any atom is -0.475 e. The highest BCUT2D eigenvalue weighted by atomic mass is 19.4. The van der Waals surface area contributed by atoms with E-state index in [0.717, 1.165) is 21.6 Å². The molecule has 1 atom stereocenters. The van der Waals surface area contributed by atoms with Gasteiger partial charge < -0.3 is 34.4 Å². The molecule has 1 aromatic heterocycles. The summed E-state index contributed by atoms with van der Waals surface area (Å²) in [6.07, 6.45) is -6.54. The number of alkyl halides is 3. The molecule has 4 rings (SSSR count). The van der Waals surface area contributed by atoms with E-state index in [2.05, 4.69) is 15.2 Å². The first-order valence-corrected chi connectivity index (χ1v) is 11.7. The highest BCUT2D eigenvalue weighted by Gasteiger charge is 2.44. The van der Waals surface area contributed by atoms with Crippen LogP contribution in [0.4, 0.5) is 29.5 Å². The SMILES string of the molecule is Cc1ccc(NC(=O)N2CCO[C@H](C(F)(F)F)C2)cc1-c1cc(OCCO)nc(N2CCOCC2)c1. The summed E-state index contributed by atoms with van der Waals surface area (Å²) >= 11 is 0. The quantitative estimate of drug-likeness (QED) is 0.617. The number of carbonyl (C=O) groups is 1. The van der Waals surface area contributed by atoms with Crippen LogP contribution in [0.5, 0.6) is 5.88 Å². The number of urea groups is 1. The van der Waals surface area contributed by atoms with Crippen LogP contribution in [0.15, 0.2) is 30.3 Å². The van der Waals surface area contributed by atoms with E-state index in [1.807, 2.05) is 19.1 Å². The number of amides is 2. The highest BCUT2D eigenvalue weighted by Crippen LogP contribution is 2.32. The Morgan fingerprint density at radius 1 is 1.19 bits per heavy atom. The number of aliphatic hydroxyl groups is 1. The van der Waals surface area contributed by atoms with Crippen molar-refractivity contribution in [3.05, 3.63) is 35.9 Å². The van der Waals surface area contributed by atoms with Gasteiger partial charge in [-0.2, -0.15) is 18.2 Å². The predicted molar refractivity (Wildman–Crippen MR) is 126 cm³/mol.